The molecule has 5 nitrogen and oxygen atoms in total. The van der Waals surface area contributed by atoms with Gasteiger partial charge in [-0.1, -0.05) is 133 Å². The zero-order valence-electron chi connectivity index (χ0n) is 27.7. The van der Waals surface area contributed by atoms with E-state index in [2.05, 4.69) is 121 Å². The molecule has 0 aliphatic carbocycles. The number of nitrogens with zero attached hydrogens (tertiary/aromatic N) is 3. The fourth-order valence-corrected chi connectivity index (χ4v) is 7.73. The molecule has 11 rings (SSSR count). The Hall–Kier alpha value is -7.11. The molecular weight excluding hydrogens is 639 g/mol. The Morgan fingerprint density at radius 2 is 0.981 bits per heavy atom. The quantitative estimate of drug-likeness (QED) is 0.187. The normalized spacial score (nSPS) is 11.8. The van der Waals surface area contributed by atoms with Crippen LogP contribution in [0.3, 0.4) is 0 Å². The number of aromatic nitrogens is 3. The summed E-state index contributed by atoms with van der Waals surface area (Å²) in [5.41, 5.74) is 8.02. The molecule has 0 aliphatic rings. The van der Waals surface area contributed by atoms with E-state index >= 15 is 0 Å². The van der Waals surface area contributed by atoms with Gasteiger partial charge in [-0.2, -0.15) is 0 Å². The fraction of sp³-hybridized carbons (Fsp3) is 0. The highest BCUT2D eigenvalue weighted by molar-refractivity contribution is 6.23. The molecular formula is C47H27N3O2. The van der Waals surface area contributed by atoms with Crippen molar-refractivity contribution in [1.29, 1.82) is 0 Å². The van der Waals surface area contributed by atoms with Gasteiger partial charge in [-0.3, -0.25) is 0 Å². The van der Waals surface area contributed by atoms with Crippen LogP contribution in [0.1, 0.15) is 0 Å². The number of rotatable bonds is 4. The van der Waals surface area contributed by atoms with Gasteiger partial charge in [0.25, 0.3) is 0 Å². The third-order valence-corrected chi connectivity index (χ3v) is 10.1. The predicted molar refractivity (Wildman–Crippen MR) is 211 cm³/mol. The second-order valence-electron chi connectivity index (χ2n) is 13.1. The maximum absolute atomic E-state index is 6.86. The Bertz CT molecular complexity index is 3190. The minimum atomic E-state index is 0.537. The zero-order chi connectivity index (χ0) is 34.2. The second-order valence-corrected chi connectivity index (χ2v) is 13.1. The average Bonchev–Trinajstić information content (AvgIpc) is 3.79. The van der Waals surface area contributed by atoms with Crippen molar-refractivity contribution in [3.63, 3.8) is 0 Å². The lowest BCUT2D eigenvalue weighted by atomic mass is 9.95. The van der Waals surface area contributed by atoms with Crippen LogP contribution in [-0.2, 0) is 0 Å². The molecule has 0 N–H and O–H groups in total. The topological polar surface area (TPSA) is 65.0 Å². The van der Waals surface area contributed by atoms with Crippen LogP contribution in [0.25, 0.3) is 111 Å². The van der Waals surface area contributed by atoms with Crippen LogP contribution in [0, 0.1) is 0 Å². The van der Waals surface area contributed by atoms with Gasteiger partial charge < -0.3 is 8.83 Å². The zero-order valence-corrected chi connectivity index (χ0v) is 27.7. The molecule has 0 saturated heterocycles. The number of benzene rings is 8. The maximum Gasteiger partial charge on any atom is 0.167 e. The van der Waals surface area contributed by atoms with Crippen LogP contribution in [0.4, 0.5) is 0 Å². The van der Waals surface area contributed by atoms with E-state index in [1.54, 1.807) is 0 Å². The highest BCUT2D eigenvalue weighted by atomic mass is 16.3. The van der Waals surface area contributed by atoms with Crippen LogP contribution in [-0.4, -0.2) is 15.0 Å². The summed E-state index contributed by atoms with van der Waals surface area (Å²) >= 11 is 0. The first kappa shape index (κ1) is 28.7. The van der Waals surface area contributed by atoms with Crippen molar-refractivity contribution in [2.75, 3.05) is 0 Å². The number of hydrogen-bond donors (Lipinski definition) is 0. The lowest BCUT2D eigenvalue weighted by Gasteiger charge is -2.10. The van der Waals surface area contributed by atoms with Crippen LogP contribution < -0.4 is 0 Å². The van der Waals surface area contributed by atoms with Gasteiger partial charge in [-0.25, -0.2) is 15.0 Å². The van der Waals surface area contributed by atoms with E-state index in [9.17, 15) is 0 Å². The molecule has 0 amide bonds. The summed E-state index contributed by atoms with van der Waals surface area (Å²) in [5.74, 6) is 1.69. The van der Waals surface area contributed by atoms with Crippen molar-refractivity contribution < 1.29 is 8.83 Å². The molecule has 52 heavy (non-hydrogen) atoms. The molecule has 0 bridgehead atoms. The molecule has 0 spiro atoms. The Balaban J connectivity index is 1.20. The summed E-state index contributed by atoms with van der Waals surface area (Å²) in [6.07, 6.45) is 0. The molecule has 0 fully saturated rings. The standard InChI is InChI=1S/C47H27N3O2/c1-2-13-29(14-3-1)38-27-41-42(33-17-7-6-16-32(33)38)35-19-10-21-37(44(35)52-41)47-49-45(31-25-24-28-12-4-5-15-30(28)26-31)48-46(50-47)36-20-11-23-40-43(36)34-18-8-9-22-39(34)51-40/h1-27H. The summed E-state index contributed by atoms with van der Waals surface area (Å²) in [7, 11) is 0. The first-order valence-corrected chi connectivity index (χ1v) is 17.4. The van der Waals surface area contributed by atoms with Gasteiger partial charge in [-0.05, 0) is 63.0 Å². The van der Waals surface area contributed by atoms with Crippen LogP contribution >= 0.6 is 0 Å². The SMILES string of the molecule is c1ccc(-c2cc3oc4c(-c5nc(-c6ccc7ccccc7c6)nc(-c6cccc7oc8ccccc8c67)n5)cccc4c3c3ccccc23)cc1. The van der Waals surface area contributed by atoms with Gasteiger partial charge in [0.05, 0.1) is 5.56 Å². The Labute approximate surface area is 297 Å². The first-order valence-electron chi connectivity index (χ1n) is 17.4. The number of para-hydroxylation sites is 2. The lowest BCUT2D eigenvalue weighted by Crippen LogP contribution is -2.00. The minimum Gasteiger partial charge on any atom is -0.456 e. The van der Waals surface area contributed by atoms with Gasteiger partial charge in [0.15, 0.2) is 17.5 Å². The molecule has 5 heteroatoms. The van der Waals surface area contributed by atoms with E-state index in [-0.39, 0.29) is 0 Å². The Kier molecular flexibility index (Phi) is 6.18. The molecule has 0 saturated carbocycles. The predicted octanol–water partition coefficient (Wildman–Crippen LogP) is 12.6. The maximum atomic E-state index is 6.86. The minimum absolute atomic E-state index is 0.537. The molecule has 11 aromatic rings. The summed E-state index contributed by atoms with van der Waals surface area (Å²) in [6, 6.07) is 56.3. The molecule has 8 aromatic carbocycles. The molecule has 0 aliphatic heterocycles. The van der Waals surface area contributed by atoms with Crippen LogP contribution in [0.5, 0.6) is 0 Å². The second kappa shape index (κ2) is 11.2. The van der Waals surface area contributed by atoms with Crippen molar-refractivity contribution in [2.45, 2.75) is 0 Å². The fourth-order valence-electron chi connectivity index (χ4n) is 7.73. The van der Waals surface area contributed by atoms with Crippen molar-refractivity contribution >= 4 is 65.4 Å². The molecule has 0 atom stereocenters. The molecule has 3 aromatic heterocycles. The van der Waals surface area contributed by atoms with Crippen LogP contribution in [0.15, 0.2) is 173 Å². The molecule has 242 valence electrons. The Morgan fingerprint density at radius 1 is 0.327 bits per heavy atom. The molecule has 0 unspecified atom stereocenters. The van der Waals surface area contributed by atoms with E-state index in [0.29, 0.717) is 17.5 Å². The number of hydrogen-bond acceptors (Lipinski definition) is 5. The third-order valence-electron chi connectivity index (χ3n) is 10.1. The van der Waals surface area contributed by atoms with Crippen LogP contribution in [0.2, 0.25) is 0 Å². The van der Waals surface area contributed by atoms with E-state index < -0.39 is 0 Å². The van der Waals surface area contributed by atoms with E-state index in [1.165, 1.54) is 5.39 Å². The van der Waals surface area contributed by atoms with Gasteiger partial charge in [0.1, 0.15) is 22.3 Å². The van der Waals surface area contributed by atoms with Crippen molar-refractivity contribution in [3.8, 4) is 45.3 Å². The van der Waals surface area contributed by atoms with Gasteiger partial charge in [0.2, 0.25) is 0 Å². The molecule has 0 radical (unpaired) electrons. The van der Waals surface area contributed by atoms with Gasteiger partial charge in [0, 0.05) is 32.7 Å². The summed E-state index contributed by atoms with van der Waals surface area (Å²) in [5, 5.41) is 8.67. The van der Waals surface area contributed by atoms with E-state index in [1.807, 2.05) is 42.5 Å². The Morgan fingerprint density at radius 3 is 1.87 bits per heavy atom. The monoisotopic (exact) mass is 665 g/mol. The largest absolute Gasteiger partial charge is 0.456 e. The van der Waals surface area contributed by atoms with Crippen molar-refractivity contribution in [3.05, 3.63) is 164 Å². The number of furan rings is 2. The summed E-state index contributed by atoms with van der Waals surface area (Å²) < 4.78 is 13.1. The number of fused-ring (bicyclic) bond motifs is 9. The van der Waals surface area contributed by atoms with Crippen molar-refractivity contribution in [2.24, 2.45) is 0 Å². The molecule has 3 heterocycles. The summed E-state index contributed by atoms with van der Waals surface area (Å²) in [4.78, 5) is 15.6. The summed E-state index contributed by atoms with van der Waals surface area (Å²) in [6.45, 7) is 0. The third kappa shape index (κ3) is 4.39. The van der Waals surface area contributed by atoms with Crippen molar-refractivity contribution in [1.82, 2.24) is 15.0 Å². The highest BCUT2D eigenvalue weighted by Gasteiger charge is 2.22. The van der Waals surface area contributed by atoms with Gasteiger partial charge >= 0.3 is 0 Å². The first-order chi connectivity index (χ1) is 25.8. The highest BCUT2D eigenvalue weighted by Crippen LogP contribution is 2.43. The van der Waals surface area contributed by atoms with Gasteiger partial charge in [-0.15, -0.1) is 0 Å². The smallest absolute Gasteiger partial charge is 0.167 e. The van der Waals surface area contributed by atoms with E-state index in [0.717, 1.165) is 87.9 Å². The van der Waals surface area contributed by atoms with E-state index in [4.69, 9.17) is 23.8 Å². The average molecular weight is 666 g/mol. The lowest BCUT2D eigenvalue weighted by molar-refractivity contribution is 0.668.